The first-order valence-corrected chi connectivity index (χ1v) is 14.7. The Hall–Kier alpha value is -0.330. The van der Waals surface area contributed by atoms with Crippen molar-refractivity contribution in [2.75, 3.05) is 0 Å². The number of unbranched alkanes of at least 4 members (excludes halogenated alkanes) is 4. The van der Waals surface area contributed by atoms with Crippen LogP contribution in [0.25, 0.3) is 0 Å². The van der Waals surface area contributed by atoms with Crippen LogP contribution < -0.4 is 0 Å². The fraction of sp³-hybridized carbons (Fsp3) is 0.967. The summed E-state index contributed by atoms with van der Waals surface area (Å²) in [7, 11) is 0. The molecule has 0 N–H and O–H groups in total. The van der Waals surface area contributed by atoms with Crippen LogP contribution in [0.5, 0.6) is 0 Å². The van der Waals surface area contributed by atoms with Crippen LogP contribution in [0.4, 0.5) is 0 Å². The first-order chi connectivity index (χ1) is 15.1. The van der Waals surface area contributed by atoms with Gasteiger partial charge in [-0.05, 0) is 94.3 Å². The van der Waals surface area contributed by atoms with Crippen LogP contribution in [-0.4, -0.2) is 5.78 Å². The van der Waals surface area contributed by atoms with E-state index in [-0.39, 0.29) is 10.8 Å². The van der Waals surface area contributed by atoms with Crippen LogP contribution in [0.15, 0.2) is 0 Å². The number of rotatable bonds is 9. The third-order valence-electron chi connectivity index (χ3n) is 10.7. The summed E-state index contributed by atoms with van der Waals surface area (Å²) in [5.41, 5.74) is 0.285. The third kappa shape index (κ3) is 5.27. The van der Waals surface area contributed by atoms with Crippen LogP contribution in [0.3, 0.4) is 0 Å². The van der Waals surface area contributed by atoms with Gasteiger partial charge in [0.2, 0.25) is 0 Å². The maximum absolute atomic E-state index is 13.5. The molecule has 0 aromatic heterocycles. The molecule has 4 aliphatic rings. The highest BCUT2D eigenvalue weighted by atomic mass is 16.1. The summed E-state index contributed by atoms with van der Waals surface area (Å²) < 4.78 is 0. The van der Waals surface area contributed by atoms with Gasteiger partial charge in [0.1, 0.15) is 5.78 Å². The molecule has 0 aliphatic heterocycles. The molecule has 0 radical (unpaired) electrons. The average Bonchev–Trinajstić information content (AvgIpc) is 2.82. The number of hydrogen-bond acceptors (Lipinski definition) is 1. The quantitative estimate of drug-likeness (QED) is 0.334. The zero-order valence-electron chi connectivity index (χ0n) is 21.1. The average molecular weight is 429 g/mol. The van der Waals surface area contributed by atoms with Gasteiger partial charge in [-0.2, -0.15) is 0 Å². The molecule has 0 amide bonds. The molecule has 4 fully saturated rings. The van der Waals surface area contributed by atoms with Gasteiger partial charge in [0.15, 0.2) is 0 Å². The Morgan fingerprint density at radius 2 is 1.13 bits per heavy atom. The summed E-state index contributed by atoms with van der Waals surface area (Å²) in [4.78, 5) is 13.5. The molecule has 178 valence electrons. The fourth-order valence-corrected chi connectivity index (χ4v) is 8.56. The summed E-state index contributed by atoms with van der Waals surface area (Å²) in [6, 6.07) is 0. The molecule has 0 aromatic carbocycles. The van der Waals surface area contributed by atoms with E-state index in [0.29, 0.717) is 0 Å². The minimum absolute atomic E-state index is 0.142. The number of hydrogen-bond donors (Lipinski definition) is 0. The molecule has 4 aliphatic carbocycles. The lowest BCUT2D eigenvalue weighted by Gasteiger charge is -2.59. The standard InChI is InChI=1S/C30H52O/c1-3-5-7-8-10-25-15-19-29(20-16-25)23-30(28(29)31)21-17-27(18-22-30)26-13-11-24(12-14-26)9-6-4-2/h24-27H,3-23H2,1-2H3/t24?,25?,26?,27-,29-,30-. The fourth-order valence-electron chi connectivity index (χ4n) is 8.56. The van der Waals surface area contributed by atoms with Gasteiger partial charge in [-0.25, -0.2) is 0 Å². The van der Waals surface area contributed by atoms with E-state index in [1.807, 2.05) is 0 Å². The van der Waals surface area contributed by atoms with Gasteiger partial charge in [0.25, 0.3) is 0 Å². The largest absolute Gasteiger partial charge is 0.298 e. The number of ketones is 1. The minimum Gasteiger partial charge on any atom is -0.298 e. The van der Waals surface area contributed by atoms with Crippen molar-refractivity contribution in [2.45, 2.75) is 149 Å². The van der Waals surface area contributed by atoms with E-state index in [2.05, 4.69) is 13.8 Å². The predicted molar refractivity (Wildman–Crippen MR) is 132 cm³/mol. The van der Waals surface area contributed by atoms with E-state index in [0.717, 1.165) is 29.5 Å². The highest BCUT2D eigenvalue weighted by Crippen LogP contribution is 2.64. The Kier molecular flexibility index (Phi) is 8.24. The van der Waals surface area contributed by atoms with Crippen molar-refractivity contribution in [3.8, 4) is 0 Å². The minimum atomic E-state index is 0.142. The second kappa shape index (κ2) is 10.7. The molecule has 0 atom stereocenters. The van der Waals surface area contributed by atoms with Gasteiger partial charge >= 0.3 is 0 Å². The molecule has 2 spiro atoms. The molecule has 0 aromatic rings. The maximum atomic E-state index is 13.5. The van der Waals surface area contributed by atoms with Gasteiger partial charge in [-0.15, -0.1) is 0 Å². The summed E-state index contributed by atoms with van der Waals surface area (Å²) in [5.74, 6) is 4.63. The van der Waals surface area contributed by atoms with E-state index in [9.17, 15) is 4.79 Å². The molecule has 1 heteroatoms. The van der Waals surface area contributed by atoms with Crippen molar-refractivity contribution in [2.24, 2.45) is 34.5 Å². The van der Waals surface area contributed by atoms with Crippen LogP contribution in [0.1, 0.15) is 149 Å². The van der Waals surface area contributed by atoms with Crippen LogP contribution in [0.2, 0.25) is 0 Å². The Bertz CT molecular complexity index is 553. The molecule has 0 saturated heterocycles. The summed E-state index contributed by atoms with van der Waals surface area (Å²) in [6.07, 6.45) is 28.9. The van der Waals surface area contributed by atoms with Crippen molar-refractivity contribution in [1.29, 1.82) is 0 Å². The SMILES string of the molecule is CCCCCCC1CC[C@]2(CC1)C[C@@]1(CC[C@H](C3CCC(CCCC)CC3)CC1)C2=O. The number of carbonyl (C=O) groups is 1. The molecular weight excluding hydrogens is 376 g/mol. The van der Waals surface area contributed by atoms with Crippen molar-refractivity contribution in [1.82, 2.24) is 0 Å². The Labute approximate surface area is 193 Å². The van der Waals surface area contributed by atoms with Gasteiger partial charge in [0.05, 0.1) is 0 Å². The number of carbonyl (C=O) groups excluding carboxylic acids is 1. The Balaban J connectivity index is 1.18. The van der Waals surface area contributed by atoms with Crippen LogP contribution >= 0.6 is 0 Å². The van der Waals surface area contributed by atoms with Crippen molar-refractivity contribution in [3.63, 3.8) is 0 Å². The summed E-state index contributed by atoms with van der Waals surface area (Å²) in [6.45, 7) is 4.63. The van der Waals surface area contributed by atoms with Crippen molar-refractivity contribution in [3.05, 3.63) is 0 Å². The molecule has 1 nitrogen and oxygen atoms in total. The first kappa shape index (κ1) is 23.8. The lowest BCUT2D eigenvalue weighted by Crippen LogP contribution is -2.59. The topological polar surface area (TPSA) is 17.1 Å². The van der Waals surface area contributed by atoms with Crippen LogP contribution in [-0.2, 0) is 4.79 Å². The molecule has 31 heavy (non-hydrogen) atoms. The van der Waals surface area contributed by atoms with E-state index in [4.69, 9.17) is 0 Å². The summed E-state index contributed by atoms with van der Waals surface area (Å²) in [5, 5.41) is 0. The molecule has 0 bridgehead atoms. The highest BCUT2D eigenvalue weighted by molar-refractivity contribution is 5.96. The van der Waals surface area contributed by atoms with Gasteiger partial charge in [-0.3, -0.25) is 4.79 Å². The Morgan fingerprint density at radius 1 is 0.613 bits per heavy atom. The van der Waals surface area contributed by atoms with Crippen LogP contribution in [0, 0.1) is 34.5 Å². The third-order valence-corrected chi connectivity index (χ3v) is 10.7. The Morgan fingerprint density at radius 3 is 1.71 bits per heavy atom. The first-order valence-electron chi connectivity index (χ1n) is 14.7. The highest BCUT2D eigenvalue weighted by Gasteiger charge is 2.63. The maximum Gasteiger partial charge on any atom is 0.145 e. The second-order valence-electron chi connectivity index (χ2n) is 12.6. The normalized spacial score (nSPS) is 40.9. The van der Waals surface area contributed by atoms with Crippen molar-refractivity contribution >= 4 is 5.78 Å². The molecular formula is C30H52O. The molecule has 4 rings (SSSR count). The molecule has 0 unspecified atom stereocenters. The van der Waals surface area contributed by atoms with Crippen molar-refractivity contribution < 1.29 is 4.79 Å². The lowest BCUT2D eigenvalue weighted by molar-refractivity contribution is -0.169. The van der Waals surface area contributed by atoms with Gasteiger partial charge in [0, 0.05) is 10.8 Å². The smallest absolute Gasteiger partial charge is 0.145 e. The molecule has 4 saturated carbocycles. The lowest BCUT2D eigenvalue weighted by atomic mass is 9.42. The predicted octanol–water partition coefficient (Wildman–Crippen LogP) is 9.28. The zero-order chi connectivity index (χ0) is 21.7. The van der Waals surface area contributed by atoms with E-state index < -0.39 is 0 Å². The second-order valence-corrected chi connectivity index (χ2v) is 12.6. The van der Waals surface area contributed by atoms with E-state index in [1.54, 1.807) is 0 Å². The monoisotopic (exact) mass is 428 g/mol. The molecule has 0 heterocycles. The van der Waals surface area contributed by atoms with E-state index in [1.165, 1.54) is 135 Å². The van der Waals surface area contributed by atoms with E-state index >= 15 is 0 Å². The summed E-state index contributed by atoms with van der Waals surface area (Å²) >= 11 is 0. The van der Waals surface area contributed by atoms with Gasteiger partial charge < -0.3 is 0 Å². The number of Topliss-reactive ketones (excluding diaryl/α,β-unsaturated/α-hetero) is 1. The zero-order valence-corrected chi connectivity index (χ0v) is 21.1. The van der Waals surface area contributed by atoms with Gasteiger partial charge in [-0.1, -0.05) is 78.1 Å².